The van der Waals surface area contributed by atoms with Crippen molar-refractivity contribution in [2.45, 2.75) is 18.4 Å². The summed E-state index contributed by atoms with van der Waals surface area (Å²) in [6.07, 6.45) is 3.33. The molecule has 46 heavy (non-hydrogen) atoms. The highest BCUT2D eigenvalue weighted by Crippen LogP contribution is 2.24. The molecule has 6 aromatic rings. The largest absolute Gasteiger partial charge is 0.491 e. The van der Waals surface area contributed by atoms with E-state index in [2.05, 4.69) is 30.0 Å². The van der Waals surface area contributed by atoms with E-state index in [1.165, 1.54) is 16.6 Å². The molecule has 0 aliphatic carbocycles. The highest BCUT2D eigenvalue weighted by Gasteiger charge is 2.20. The number of nitrogens with zero attached hydrogens (tertiary/aromatic N) is 8. The van der Waals surface area contributed by atoms with E-state index in [0.717, 1.165) is 49.4 Å². The first-order valence-corrected chi connectivity index (χ1v) is 16.3. The maximum atomic E-state index is 12.3. The summed E-state index contributed by atoms with van der Waals surface area (Å²) >= 11 is 0. The number of aromatic nitrogens is 6. The van der Waals surface area contributed by atoms with E-state index in [4.69, 9.17) is 19.1 Å². The molecular weight excluding hydrogens is 610 g/mol. The Hall–Kier alpha value is -4.99. The number of hydrogen-bond acceptors (Lipinski definition) is 12. The molecule has 0 radical (unpaired) electrons. The van der Waals surface area contributed by atoms with Crippen LogP contribution in [0, 0.1) is 6.92 Å². The van der Waals surface area contributed by atoms with Gasteiger partial charge in [0.25, 0.3) is 10.1 Å². The van der Waals surface area contributed by atoms with Crippen LogP contribution in [-0.4, -0.2) is 88.6 Å². The van der Waals surface area contributed by atoms with E-state index >= 15 is 0 Å². The summed E-state index contributed by atoms with van der Waals surface area (Å²) in [4.78, 5) is 14.1. The predicted octanol–water partition coefficient (Wildman–Crippen LogP) is 3.23. The van der Waals surface area contributed by atoms with Crippen LogP contribution in [0.2, 0.25) is 0 Å². The second-order valence-corrected chi connectivity index (χ2v) is 12.6. The van der Waals surface area contributed by atoms with Gasteiger partial charge in [-0.15, -0.1) is 5.10 Å². The van der Waals surface area contributed by atoms with Crippen LogP contribution < -0.4 is 15.4 Å². The van der Waals surface area contributed by atoms with Crippen molar-refractivity contribution >= 4 is 38.4 Å². The monoisotopic (exact) mass is 643 g/mol. The van der Waals surface area contributed by atoms with Crippen molar-refractivity contribution in [3.63, 3.8) is 0 Å². The normalized spacial score (nSPS) is 14.4. The number of fused-ring (bicyclic) bond motifs is 3. The van der Waals surface area contributed by atoms with Gasteiger partial charge in [-0.3, -0.25) is 9.08 Å². The van der Waals surface area contributed by atoms with Crippen molar-refractivity contribution in [1.82, 2.24) is 34.3 Å². The number of benzene rings is 2. The Balaban J connectivity index is 0.890. The van der Waals surface area contributed by atoms with E-state index in [0.29, 0.717) is 35.2 Å². The molecule has 5 heterocycles. The predicted molar refractivity (Wildman–Crippen MR) is 171 cm³/mol. The molecule has 0 spiro atoms. The molecule has 2 N–H and O–H groups in total. The summed E-state index contributed by atoms with van der Waals surface area (Å²) in [5, 5.41) is 9.80. The van der Waals surface area contributed by atoms with Crippen LogP contribution in [0.25, 0.3) is 28.3 Å². The lowest BCUT2D eigenvalue weighted by molar-refractivity contribution is 0.221. The topological polar surface area (TPSA) is 159 Å². The smallest absolute Gasteiger partial charge is 0.297 e. The number of ether oxygens (including phenoxy) is 1. The highest BCUT2D eigenvalue weighted by molar-refractivity contribution is 7.86. The second-order valence-electron chi connectivity index (χ2n) is 11.0. The minimum atomic E-state index is -3.81. The van der Waals surface area contributed by atoms with Gasteiger partial charge in [0.2, 0.25) is 11.8 Å². The molecule has 0 unspecified atom stereocenters. The third kappa shape index (κ3) is 6.11. The first-order valence-electron chi connectivity index (χ1n) is 14.9. The van der Waals surface area contributed by atoms with Gasteiger partial charge >= 0.3 is 0 Å². The maximum absolute atomic E-state index is 12.3. The van der Waals surface area contributed by atoms with Crippen molar-refractivity contribution < 1.29 is 21.8 Å². The minimum Gasteiger partial charge on any atom is -0.491 e. The number of anilines is 2. The van der Waals surface area contributed by atoms with E-state index in [9.17, 15) is 8.42 Å². The zero-order chi connectivity index (χ0) is 31.7. The van der Waals surface area contributed by atoms with Crippen molar-refractivity contribution in [1.29, 1.82) is 0 Å². The quantitative estimate of drug-likeness (QED) is 0.163. The highest BCUT2D eigenvalue weighted by atomic mass is 32.2. The zero-order valence-electron chi connectivity index (χ0n) is 25.2. The van der Waals surface area contributed by atoms with Crippen LogP contribution in [0.1, 0.15) is 5.56 Å². The van der Waals surface area contributed by atoms with E-state index in [1.807, 2.05) is 35.9 Å². The van der Waals surface area contributed by atoms with Crippen LogP contribution in [0.5, 0.6) is 5.75 Å². The van der Waals surface area contributed by atoms with Crippen molar-refractivity contribution in [3.05, 3.63) is 78.7 Å². The van der Waals surface area contributed by atoms with Gasteiger partial charge in [-0.25, -0.2) is 9.67 Å². The molecule has 0 amide bonds. The molecule has 1 aliphatic heterocycles. The van der Waals surface area contributed by atoms with Gasteiger partial charge in [-0.1, -0.05) is 17.7 Å². The average Bonchev–Trinajstić information content (AvgIpc) is 3.84. The number of hydrogen-bond donors (Lipinski definition) is 1. The second kappa shape index (κ2) is 12.4. The molecule has 0 bridgehead atoms. The SMILES string of the molecule is Cc1ccc(S(=O)(=O)OCCOc2ccc(N3CCN(CCn4ncc5c4nc(N)n4nc(-c6ccco6)nc54)CC3)cc2)cc1. The van der Waals surface area contributed by atoms with E-state index < -0.39 is 10.1 Å². The fourth-order valence-electron chi connectivity index (χ4n) is 5.43. The minimum absolute atomic E-state index is 0.0741. The maximum Gasteiger partial charge on any atom is 0.297 e. The molecular formula is C31H33N9O5S. The number of furan rings is 1. The summed E-state index contributed by atoms with van der Waals surface area (Å²) in [7, 11) is -3.81. The zero-order valence-corrected chi connectivity index (χ0v) is 26.0. The third-order valence-corrected chi connectivity index (χ3v) is 9.27. The average molecular weight is 644 g/mol. The summed E-state index contributed by atoms with van der Waals surface area (Å²) in [6, 6.07) is 17.9. The number of rotatable bonds is 11. The van der Waals surface area contributed by atoms with Crippen molar-refractivity contribution in [2.24, 2.45) is 0 Å². The van der Waals surface area contributed by atoms with Crippen LogP contribution >= 0.6 is 0 Å². The van der Waals surface area contributed by atoms with Gasteiger partial charge in [0, 0.05) is 38.4 Å². The van der Waals surface area contributed by atoms with E-state index in [1.54, 1.807) is 36.7 Å². The first-order chi connectivity index (χ1) is 22.3. The number of nitrogens with two attached hydrogens (primary N) is 1. The third-order valence-electron chi connectivity index (χ3n) is 7.94. The summed E-state index contributed by atoms with van der Waals surface area (Å²) in [5.74, 6) is 1.89. The molecule has 238 valence electrons. The summed E-state index contributed by atoms with van der Waals surface area (Å²) in [5.41, 5.74) is 9.57. The van der Waals surface area contributed by atoms with Gasteiger partial charge in [0.1, 0.15) is 19.0 Å². The van der Waals surface area contributed by atoms with Crippen LogP contribution in [0.3, 0.4) is 0 Å². The number of piperazine rings is 1. The van der Waals surface area contributed by atoms with Gasteiger partial charge in [-0.05, 0) is 55.5 Å². The number of aryl methyl sites for hydroxylation is 1. The fraction of sp³-hybridized carbons (Fsp3) is 0.290. The van der Waals surface area contributed by atoms with Crippen LogP contribution in [-0.2, 0) is 20.8 Å². The first kappa shape index (κ1) is 29.7. The molecule has 1 aliphatic rings. The van der Waals surface area contributed by atoms with Crippen LogP contribution in [0.4, 0.5) is 11.6 Å². The lowest BCUT2D eigenvalue weighted by atomic mass is 10.2. The Morgan fingerprint density at radius 1 is 0.913 bits per heavy atom. The molecule has 2 aromatic carbocycles. The van der Waals surface area contributed by atoms with Gasteiger partial charge in [0.05, 0.1) is 29.3 Å². The Morgan fingerprint density at radius 3 is 2.43 bits per heavy atom. The molecule has 1 saturated heterocycles. The standard InChI is InChI=1S/C31H33N9O5S/c1-22-4-10-25(11-5-22)46(41,42)45-20-19-43-24-8-6-23(7-9-24)38-15-12-37(13-16-38)14-17-39-29-26(21-33-39)30-34-28(27-3-2-18-44-27)36-40(30)31(32)35-29/h2-11,18,21H,12-17,19-20H2,1H3,(H2,32,35). The molecule has 7 rings (SSSR count). The molecule has 0 saturated carbocycles. The molecule has 4 aromatic heterocycles. The summed E-state index contributed by atoms with van der Waals surface area (Å²) in [6.45, 7) is 6.98. The van der Waals surface area contributed by atoms with Gasteiger partial charge < -0.3 is 19.8 Å². The fourth-order valence-corrected chi connectivity index (χ4v) is 6.32. The number of nitrogen functional groups attached to an aromatic ring is 1. The molecule has 1 fully saturated rings. The van der Waals surface area contributed by atoms with Crippen molar-refractivity contribution in [2.75, 3.05) is 56.6 Å². The molecule has 0 atom stereocenters. The Labute approximate surface area is 265 Å². The Kier molecular flexibility index (Phi) is 8.02. The Morgan fingerprint density at radius 2 is 1.70 bits per heavy atom. The summed E-state index contributed by atoms with van der Waals surface area (Å²) < 4.78 is 44.3. The Bertz CT molecular complexity index is 2050. The molecule has 15 heteroatoms. The lowest BCUT2D eigenvalue weighted by Gasteiger charge is -2.36. The van der Waals surface area contributed by atoms with Crippen molar-refractivity contribution in [3.8, 4) is 17.3 Å². The molecule has 14 nitrogen and oxygen atoms in total. The lowest BCUT2D eigenvalue weighted by Crippen LogP contribution is -2.47. The van der Waals surface area contributed by atoms with Crippen LogP contribution in [0.15, 0.2) is 82.4 Å². The van der Waals surface area contributed by atoms with Gasteiger partial charge in [-0.2, -0.15) is 23.0 Å². The van der Waals surface area contributed by atoms with E-state index in [-0.39, 0.29) is 24.1 Å². The van der Waals surface area contributed by atoms with Gasteiger partial charge in [0.15, 0.2) is 17.1 Å².